The second-order valence-corrected chi connectivity index (χ2v) is 7.53. The first-order valence-corrected chi connectivity index (χ1v) is 8.47. The summed E-state index contributed by atoms with van der Waals surface area (Å²) < 4.78 is 30.8. The molecule has 0 amide bonds. The summed E-state index contributed by atoms with van der Waals surface area (Å²) in [7, 11) is -2.07. The Morgan fingerprint density at radius 2 is 2.19 bits per heavy atom. The number of rotatable bonds is 6. The van der Waals surface area contributed by atoms with Gasteiger partial charge in [0, 0.05) is 30.6 Å². The summed E-state index contributed by atoms with van der Waals surface area (Å²) in [6.07, 6.45) is 1.51. The lowest BCUT2D eigenvalue weighted by Crippen LogP contribution is -2.27. The molecule has 0 fully saturated rings. The third-order valence-corrected chi connectivity index (χ3v) is 5.71. The summed E-state index contributed by atoms with van der Waals surface area (Å²) in [6.45, 7) is 1.97. The molecule has 0 unspecified atom stereocenters. The van der Waals surface area contributed by atoms with Crippen LogP contribution in [-0.4, -0.2) is 24.7 Å². The first kappa shape index (κ1) is 15.7. The van der Waals surface area contributed by atoms with Gasteiger partial charge in [-0.2, -0.15) is 0 Å². The van der Waals surface area contributed by atoms with Gasteiger partial charge in [0.25, 0.3) is 0 Å². The van der Waals surface area contributed by atoms with Crippen LogP contribution in [0.5, 0.6) is 0 Å². The zero-order valence-corrected chi connectivity index (χ0v) is 13.1. The van der Waals surface area contributed by atoms with Crippen LogP contribution >= 0.6 is 11.3 Å². The number of hydrogen-bond acceptors (Lipinski definition) is 6. The highest BCUT2D eigenvalue weighted by Crippen LogP contribution is 2.25. The minimum atomic E-state index is -3.54. The van der Waals surface area contributed by atoms with Gasteiger partial charge in [-0.1, -0.05) is 11.3 Å². The average molecular weight is 330 g/mol. The monoisotopic (exact) mass is 330 g/mol. The highest BCUT2D eigenvalue weighted by Gasteiger charge is 2.22. The van der Waals surface area contributed by atoms with Gasteiger partial charge < -0.3 is 4.42 Å². The Kier molecular flexibility index (Phi) is 4.45. The minimum absolute atomic E-state index is 0.0615. The van der Waals surface area contributed by atoms with Gasteiger partial charge in [0.05, 0.1) is 16.9 Å². The molecular weight excluding hydrogens is 316 g/mol. The van der Waals surface area contributed by atoms with Crippen molar-refractivity contribution in [2.24, 2.45) is 0 Å². The third-order valence-electron chi connectivity index (χ3n) is 3.00. The van der Waals surface area contributed by atoms with E-state index in [0.29, 0.717) is 11.3 Å². The molecule has 2 rings (SSSR count). The summed E-state index contributed by atoms with van der Waals surface area (Å²) in [5.74, 6) is 0.410. The van der Waals surface area contributed by atoms with Crippen molar-refractivity contribution in [3.05, 3.63) is 50.8 Å². The van der Waals surface area contributed by atoms with Crippen molar-refractivity contribution in [2.75, 3.05) is 7.05 Å². The minimum Gasteiger partial charge on any atom is -0.469 e. The van der Waals surface area contributed by atoms with Gasteiger partial charge in [-0.05, 0) is 18.6 Å². The maximum absolute atomic E-state index is 12.2. The first-order chi connectivity index (χ1) is 9.79. The first-order valence-electron chi connectivity index (χ1n) is 5.98. The molecule has 21 heavy (non-hydrogen) atoms. The van der Waals surface area contributed by atoms with Crippen molar-refractivity contribution < 1.29 is 17.8 Å². The van der Waals surface area contributed by atoms with Crippen LogP contribution in [0.3, 0.4) is 0 Å². The summed E-state index contributed by atoms with van der Waals surface area (Å²) in [5.41, 5.74) is 1.21. The van der Waals surface area contributed by atoms with Crippen molar-refractivity contribution >= 4 is 26.4 Å². The summed E-state index contributed by atoms with van der Waals surface area (Å²) in [4.78, 5) is 10.1. The van der Waals surface area contributed by atoms with Gasteiger partial charge in [0.15, 0.2) is 0 Å². The molecule has 0 saturated carbocycles. The Morgan fingerprint density at radius 1 is 1.48 bits per heavy atom. The van der Waals surface area contributed by atoms with Crippen LogP contribution in [0.1, 0.15) is 16.9 Å². The fraction of sp³-hybridized carbons (Fsp3) is 0.333. The standard InChI is InChI=1S/C12H14N2O5S2/c1-9-11(3-4-19-9)6-13(2)21(17,18)8-10-5-12(14(15)16)20-7-10/h3-5,7H,6,8H2,1-2H3. The Hall–Kier alpha value is -1.71. The molecule has 0 spiro atoms. The number of aryl methyl sites for hydroxylation is 1. The molecule has 0 aliphatic heterocycles. The van der Waals surface area contributed by atoms with E-state index in [9.17, 15) is 18.5 Å². The number of thiophene rings is 1. The van der Waals surface area contributed by atoms with Crippen molar-refractivity contribution in [2.45, 2.75) is 19.2 Å². The fourth-order valence-electron chi connectivity index (χ4n) is 1.77. The van der Waals surface area contributed by atoms with E-state index < -0.39 is 14.9 Å². The van der Waals surface area contributed by atoms with E-state index in [1.165, 1.54) is 29.1 Å². The maximum atomic E-state index is 12.2. The molecule has 0 aliphatic carbocycles. The van der Waals surface area contributed by atoms with E-state index in [1.807, 2.05) is 0 Å². The van der Waals surface area contributed by atoms with Crippen LogP contribution in [0.15, 0.2) is 28.2 Å². The van der Waals surface area contributed by atoms with E-state index in [1.54, 1.807) is 13.0 Å². The number of nitro groups is 1. The molecule has 0 bridgehead atoms. The molecule has 0 N–H and O–H groups in total. The van der Waals surface area contributed by atoms with E-state index >= 15 is 0 Å². The van der Waals surface area contributed by atoms with Gasteiger partial charge in [-0.3, -0.25) is 10.1 Å². The van der Waals surface area contributed by atoms with Crippen LogP contribution in [-0.2, 0) is 22.3 Å². The summed E-state index contributed by atoms with van der Waals surface area (Å²) in [6, 6.07) is 3.01. The van der Waals surface area contributed by atoms with Crippen molar-refractivity contribution in [1.82, 2.24) is 4.31 Å². The van der Waals surface area contributed by atoms with Crippen molar-refractivity contribution in [3.63, 3.8) is 0 Å². The molecule has 0 aromatic carbocycles. The van der Waals surface area contributed by atoms with Gasteiger partial charge >= 0.3 is 5.00 Å². The molecule has 2 aromatic rings. The second-order valence-electron chi connectivity index (χ2n) is 4.56. The lowest BCUT2D eigenvalue weighted by Gasteiger charge is -2.16. The zero-order chi connectivity index (χ0) is 15.6. The highest BCUT2D eigenvalue weighted by atomic mass is 32.2. The molecule has 9 heteroatoms. The predicted octanol–water partition coefficient (Wildman–Crippen LogP) is 2.52. The molecular formula is C12H14N2O5S2. The molecule has 0 atom stereocenters. The van der Waals surface area contributed by atoms with Crippen molar-refractivity contribution in [1.29, 1.82) is 0 Å². The Bertz CT molecular complexity index is 747. The third kappa shape index (κ3) is 3.69. The molecule has 0 aliphatic rings. The Morgan fingerprint density at radius 3 is 2.71 bits per heavy atom. The topological polar surface area (TPSA) is 93.7 Å². The largest absolute Gasteiger partial charge is 0.469 e. The normalized spacial score (nSPS) is 12.0. The van der Waals surface area contributed by atoms with Gasteiger partial charge in [0.1, 0.15) is 5.76 Å². The van der Waals surface area contributed by atoms with E-state index in [0.717, 1.165) is 16.9 Å². The Balaban J connectivity index is 2.10. The number of furan rings is 1. The van der Waals surface area contributed by atoms with E-state index in [4.69, 9.17) is 4.42 Å². The maximum Gasteiger partial charge on any atom is 0.324 e. The highest BCUT2D eigenvalue weighted by molar-refractivity contribution is 7.88. The number of nitrogens with zero attached hydrogens (tertiary/aromatic N) is 2. The van der Waals surface area contributed by atoms with Crippen LogP contribution in [0.25, 0.3) is 0 Å². The van der Waals surface area contributed by atoms with E-state index in [2.05, 4.69) is 0 Å². The van der Waals surface area contributed by atoms with Gasteiger partial charge in [-0.15, -0.1) is 0 Å². The van der Waals surface area contributed by atoms with Crippen LogP contribution in [0.2, 0.25) is 0 Å². The molecule has 0 saturated heterocycles. The van der Waals surface area contributed by atoms with E-state index in [-0.39, 0.29) is 17.3 Å². The number of sulfonamides is 1. The zero-order valence-electron chi connectivity index (χ0n) is 11.5. The van der Waals surface area contributed by atoms with Crippen molar-refractivity contribution in [3.8, 4) is 0 Å². The molecule has 7 nitrogen and oxygen atoms in total. The van der Waals surface area contributed by atoms with Crippen LogP contribution < -0.4 is 0 Å². The lowest BCUT2D eigenvalue weighted by atomic mass is 10.3. The van der Waals surface area contributed by atoms with Gasteiger partial charge in [-0.25, -0.2) is 12.7 Å². The summed E-state index contributed by atoms with van der Waals surface area (Å²) in [5, 5.41) is 12.0. The fourth-order valence-corrected chi connectivity index (χ4v) is 3.75. The SMILES string of the molecule is Cc1occc1CN(C)S(=O)(=O)Cc1csc([N+](=O)[O-])c1. The average Bonchev–Trinajstić information content (AvgIpc) is 2.99. The molecule has 2 aromatic heterocycles. The van der Waals surface area contributed by atoms with Crippen LogP contribution in [0, 0.1) is 17.0 Å². The number of hydrogen-bond donors (Lipinski definition) is 0. The summed E-state index contributed by atoms with van der Waals surface area (Å²) >= 11 is 0.921. The molecule has 114 valence electrons. The van der Waals surface area contributed by atoms with Gasteiger partial charge in [0.2, 0.25) is 10.0 Å². The molecule has 2 heterocycles. The smallest absolute Gasteiger partial charge is 0.324 e. The quantitative estimate of drug-likeness (QED) is 0.599. The molecule has 0 radical (unpaired) electrons. The predicted molar refractivity (Wildman–Crippen MR) is 78.5 cm³/mol. The second kappa shape index (κ2) is 5.96. The van der Waals surface area contributed by atoms with Crippen LogP contribution in [0.4, 0.5) is 5.00 Å². The lowest BCUT2D eigenvalue weighted by molar-refractivity contribution is -0.380. The Labute approximate surface area is 126 Å².